The lowest BCUT2D eigenvalue weighted by Gasteiger charge is -2.30. The van der Waals surface area contributed by atoms with Crippen molar-refractivity contribution in [1.29, 1.82) is 0 Å². The van der Waals surface area contributed by atoms with E-state index in [0.29, 0.717) is 12.4 Å². The summed E-state index contributed by atoms with van der Waals surface area (Å²) in [5, 5.41) is 8.86. The van der Waals surface area contributed by atoms with E-state index in [4.69, 9.17) is 0 Å². The minimum Gasteiger partial charge on any atom is -0.334 e. The van der Waals surface area contributed by atoms with Crippen molar-refractivity contribution in [3.05, 3.63) is 75.8 Å². The predicted molar refractivity (Wildman–Crippen MR) is 112 cm³/mol. The summed E-state index contributed by atoms with van der Waals surface area (Å²) in [6.07, 6.45) is 0. The molecule has 1 aromatic carbocycles. The normalized spacial score (nSPS) is 12.2. The van der Waals surface area contributed by atoms with Crippen LogP contribution in [0.3, 0.4) is 0 Å². The molecule has 0 N–H and O–H groups in total. The summed E-state index contributed by atoms with van der Waals surface area (Å²) in [6, 6.07) is 14.1. The van der Waals surface area contributed by atoms with Gasteiger partial charge in [0, 0.05) is 24.3 Å². The van der Waals surface area contributed by atoms with E-state index in [9.17, 15) is 9.59 Å². The minimum atomic E-state index is -0.731. The van der Waals surface area contributed by atoms with Crippen LogP contribution in [0.5, 0.6) is 0 Å². The highest BCUT2D eigenvalue weighted by Gasteiger charge is 2.26. The van der Waals surface area contributed by atoms with Crippen LogP contribution in [0.2, 0.25) is 0 Å². The second-order valence-electron chi connectivity index (χ2n) is 7.53. The maximum absolute atomic E-state index is 13.3. The Morgan fingerprint density at radius 2 is 1.72 bits per heavy atom. The average molecular weight is 393 g/mol. The van der Waals surface area contributed by atoms with Crippen molar-refractivity contribution in [2.24, 2.45) is 0 Å². The van der Waals surface area contributed by atoms with Gasteiger partial charge in [-0.3, -0.25) is 9.59 Å². The molecule has 152 valence electrons. The summed E-state index contributed by atoms with van der Waals surface area (Å²) < 4.78 is 2.92. The van der Waals surface area contributed by atoms with Gasteiger partial charge >= 0.3 is 0 Å². The third-order valence-electron chi connectivity index (χ3n) is 4.86. The Balaban J connectivity index is 1.92. The van der Waals surface area contributed by atoms with Gasteiger partial charge in [-0.2, -0.15) is 5.10 Å². The van der Waals surface area contributed by atoms with Crippen LogP contribution in [-0.4, -0.2) is 36.4 Å². The first-order chi connectivity index (χ1) is 13.8. The fraction of sp³-hybridized carbons (Fsp3) is 0.364. The van der Waals surface area contributed by atoms with Crippen molar-refractivity contribution >= 4 is 5.91 Å². The highest BCUT2D eigenvalue weighted by atomic mass is 16.2. The van der Waals surface area contributed by atoms with Crippen molar-refractivity contribution in [3.8, 4) is 5.82 Å². The Morgan fingerprint density at radius 1 is 1.03 bits per heavy atom. The molecule has 7 heteroatoms. The highest BCUT2D eigenvalue weighted by Crippen LogP contribution is 2.15. The first-order valence-corrected chi connectivity index (χ1v) is 9.76. The van der Waals surface area contributed by atoms with E-state index in [1.165, 1.54) is 10.7 Å². The van der Waals surface area contributed by atoms with Gasteiger partial charge < -0.3 is 4.90 Å². The van der Waals surface area contributed by atoms with Crippen LogP contribution in [0, 0.1) is 13.8 Å². The monoisotopic (exact) mass is 393 g/mol. The molecular weight excluding hydrogens is 366 g/mol. The summed E-state index contributed by atoms with van der Waals surface area (Å²) >= 11 is 0. The van der Waals surface area contributed by atoms with Crippen LogP contribution in [-0.2, 0) is 11.3 Å². The third kappa shape index (κ3) is 4.45. The van der Waals surface area contributed by atoms with Crippen molar-refractivity contribution in [2.75, 3.05) is 0 Å². The molecule has 0 aliphatic heterocycles. The lowest BCUT2D eigenvalue weighted by atomic mass is 10.1. The quantitative estimate of drug-likeness (QED) is 0.645. The Morgan fingerprint density at radius 3 is 2.31 bits per heavy atom. The summed E-state index contributed by atoms with van der Waals surface area (Å²) in [6.45, 7) is 9.95. The molecule has 0 spiro atoms. The van der Waals surface area contributed by atoms with Crippen molar-refractivity contribution in [3.63, 3.8) is 0 Å². The molecule has 0 aliphatic carbocycles. The number of aryl methyl sites for hydroxylation is 2. The molecule has 0 aliphatic rings. The fourth-order valence-corrected chi connectivity index (χ4v) is 3.31. The minimum absolute atomic E-state index is 0.0138. The maximum atomic E-state index is 13.3. The standard InChI is InChI=1S/C22H27N5O2/c1-15(2)25(14-19-9-7-6-8-10-19)22(29)18(5)27-21(28)12-11-20(24-27)26-17(4)13-16(3)23-26/h6-13,15,18H,14H2,1-5H3. The zero-order valence-electron chi connectivity index (χ0n) is 17.5. The molecule has 29 heavy (non-hydrogen) atoms. The maximum Gasteiger partial charge on any atom is 0.267 e. The van der Waals surface area contributed by atoms with Crippen LogP contribution in [0.25, 0.3) is 5.82 Å². The number of carbonyl (C=O) groups is 1. The van der Waals surface area contributed by atoms with E-state index in [1.807, 2.05) is 64.1 Å². The van der Waals surface area contributed by atoms with E-state index in [1.54, 1.807) is 22.6 Å². The van der Waals surface area contributed by atoms with E-state index < -0.39 is 6.04 Å². The summed E-state index contributed by atoms with van der Waals surface area (Å²) in [5.74, 6) is 0.359. The summed E-state index contributed by atoms with van der Waals surface area (Å²) in [7, 11) is 0. The topological polar surface area (TPSA) is 73.0 Å². The van der Waals surface area contributed by atoms with Gasteiger partial charge in [0.05, 0.1) is 5.69 Å². The molecule has 2 aromatic heterocycles. The van der Waals surface area contributed by atoms with Crippen LogP contribution < -0.4 is 5.56 Å². The molecule has 0 bridgehead atoms. The van der Waals surface area contributed by atoms with Gasteiger partial charge in [-0.1, -0.05) is 30.3 Å². The van der Waals surface area contributed by atoms with Gasteiger partial charge in [-0.05, 0) is 52.3 Å². The Bertz CT molecular complexity index is 1050. The molecule has 0 fully saturated rings. The smallest absolute Gasteiger partial charge is 0.267 e. The number of hydrogen-bond acceptors (Lipinski definition) is 4. The second-order valence-corrected chi connectivity index (χ2v) is 7.53. The molecule has 0 saturated carbocycles. The van der Waals surface area contributed by atoms with Crippen molar-refractivity contribution in [2.45, 2.75) is 53.2 Å². The number of nitrogens with zero attached hydrogens (tertiary/aromatic N) is 5. The van der Waals surface area contributed by atoms with E-state index in [0.717, 1.165) is 17.0 Å². The first kappa shape index (κ1) is 20.5. The van der Waals surface area contributed by atoms with E-state index in [2.05, 4.69) is 10.2 Å². The molecule has 3 rings (SSSR count). The Hall–Kier alpha value is -3.22. The highest BCUT2D eigenvalue weighted by molar-refractivity contribution is 5.80. The van der Waals surface area contributed by atoms with Crippen molar-refractivity contribution < 1.29 is 4.79 Å². The molecule has 1 atom stereocenters. The number of hydrogen-bond donors (Lipinski definition) is 0. The average Bonchev–Trinajstić information content (AvgIpc) is 3.04. The van der Waals surface area contributed by atoms with Gasteiger partial charge in [-0.15, -0.1) is 5.10 Å². The molecular formula is C22H27N5O2. The molecule has 1 unspecified atom stereocenters. The molecule has 0 radical (unpaired) electrons. The molecule has 1 amide bonds. The number of carbonyl (C=O) groups excluding carboxylic acids is 1. The number of benzene rings is 1. The van der Waals surface area contributed by atoms with Crippen molar-refractivity contribution in [1.82, 2.24) is 24.5 Å². The largest absolute Gasteiger partial charge is 0.334 e. The SMILES string of the molecule is Cc1cc(C)n(-c2ccc(=O)n(C(C)C(=O)N(Cc3ccccc3)C(C)C)n2)n1. The van der Waals surface area contributed by atoms with E-state index in [-0.39, 0.29) is 17.5 Å². The predicted octanol–water partition coefficient (Wildman–Crippen LogP) is 3.04. The third-order valence-corrected chi connectivity index (χ3v) is 4.86. The van der Waals surface area contributed by atoms with Crippen LogP contribution in [0.1, 0.15) is 43.8 Å². The van der Waals surface area contributed by atoms with Gasteiger partial charge in [0.2, 0.25) is 5.91 Å². The lowest BCUT2D eigenvalue weighted by molar-refractivity contribution is -0.137. The zero-order chi connectivity index (χ0) is 21.1. The van der Waals surface area contributed by atoms with Gasteiger partial charge in [0.1, 0.15) is 6.04 Å². The number of amides is 1. The second kappa shape index (κ2) is 8.43. The fourth-order valence-electron chi connectivity index (χ4n) is 3.31. The molecule has 2 heterocycles. The number of rotatable bonds is 6. The molecule has 3 aromatic rings. The molecule has 0 saturated heterocycles. The van der Waals surface area contributed by atoms with Crippen LogP contribution >= 0.6 is 0 Å². The van der Waals surface area contributed by atoms with Gasteiger partial charge in [-0.25, -0.2) is 9.36 Å². The summed E-state index contributed by atoms with van der Waals surface area (Å²) in [5.41, 5.74) is 2.49. The van der Waals surface area contributed by atoms with Gasteiger partial charge in [0.25, 0.3) is 5.56 Å². The Kier molecular flexibility index (Phi) is 5.96. The lowest BCUT2D eigenvalue weighted by Crippen LogP contribution is -2.43. The van der Waals surface area contributed by atoms with Crippen LogP contribution in [0.15, 0.2) is 53.3 Å². The Labute approximate surface area is 170 Å². The van der Waals surface area contributed by atoms with E-state index >= 15 is 0 Å². The first-order valence-electron chi connectivity index (χ1n) is 9.76. The zero-order valence-corrected chi connectivity index (χ0v) is 17.5. The summed E-state index contributed by atoms with van der Waals surface area (Å²) in [4.78, 5) is 27.5. The number of aromatic nitrogens is 4. The molecule has 7 nitrogen and oxygen atoms in total. The van der Waals surface area contributed by atoms with Crippen LogP contribution in [0.4, 0.5) is 0 Å². The van der Waals surface area contributed by atoms with Gasteiger partial charge in [0.15, 0.2) is 5.82 Å².